The molecule has 0 aliphatic carbocycles. The minimum Gasteiger partial charge on any atom is -0.447 e. The summed E-state index contributed by atoms with van der Waals surface area (Å²) in [5, 5.41) is 17.4. The molecule has 0 bridgehead atoms. The predicted octanol–water partition coefficient (Wildman–Crippen LogP) is 3.75. The second-order valence-electron chi connectivity index (χ2n) is 8.63. The van der Waals surface area contributed by atoms with Crippen molar-refractivity contribution in [3.8, 4) is 0 Å². The van der Waals surface area contributed by atoms with Gasteiger partial charge in [-0.15, -0.1) is 10.2 Å². The molecule has 0 aliphatic heterocycles. The number of nitrogen functional groups attached to an aromatic ring is 1. The van der Waals surface area contributed by atoms with Gasteiger partial charge in [-0.1, -0.05) is 12.1 Å². The summed E-state index contributed by atoms with van der Waals surface area (Å²) in [5.74, 6) is 0.998. The normalized spacial score (nSPS) is 11.1. The van der Waals surface area contributed by atoms with E-state index in [0.717, 1.165) is 18.4 Å². The Morgan fingerprint density at radius 3 is 2.64 bits per heavy atom. The van der Waals surface area contributed by atoms with E-state index in [-0.39, 0.29) is 12.0 Å². The van der Waals surface area contributed by atoms with Gasteiger partial charge in [-0.25, -0.2) is 9.78 Å². The number of nitrogens with two attached hydrogens (primary N) is 1. The molecule has 2 aromatic heterocycles. The van der Waals surface area contributed by atoms with E-state index in [1.165, 1.54) is 0 Å². The third-order valence-corrected chi connectivity index (χ3v) is 5.46. The van der Waals surface area contributed by atoms with E-state index < -0.39 is 6.09 Å². The van der Waals surface area contributed by atoms with Crippen molar-refractivity contribution < 1.29 is 14.3 Å². The number of para-hydroxylation sites is 2. The average molecular weight is 491 g/mol. The fourth-order valence-corrected chi connectivity index (χ4v) is 3.74. The first-order chi connectivity index (χ1) is 17.3. The highest BCUT2D eigenvalue weighted by atomic mass is 16.6. The zero-order chi connectivity index (χ0) is 25.7. The molecule has 2 aromatic carbocycles. The molecule has 0 fully saturated rings. The lowest BCUT2D eigenvalue weighted by Crippen LogP contribution is -2.27. The quantitative estimate of drug-likeness (QED) is 0.205. The van der Waals surface area contributed by atoms with Crippen molar-refractivity contribution in [3.05, 3.63) is 53.9 Å². The molecule has 2 amide bonds. The van der Waals surface area contributed by atoms with Crippen LogP contribution in [0.5, 0.6) is 0 Å². The highest BCUT2D eigenvalue weighted by Crippen LogP contribution is 2.24. The first-order valence-corrected chi connectivity index (χ1v) is 11.8. The smallest absolute Gasteiger partial charge is 0.407 e. The largest absolute Gasteiger partial charge is 0.447 e. The topological polar surface area (TPSA) is 149 Å². The maximum atomic E-state index is 12.9. The van der Waals surface area contributed by atoms with Crippen molar-refractivity contribution in [1.29, 1.82) is 0 Å². The van der Waals surface area contributed by atoms with Crippen LogP contribution in [0, 0.1) is 6.92 Å². The SMILES string of the molecule is Cc1nnc2c(NCCCCNC(=O)OC(C)C)nc3cc(C(=O)Nc4ccccc4N)ccc3n12. The number of benzene rings is 2. The number of ether oxygens (including phenoxy) is 1. The van der Waals surface area contributed by atoms with Gasteiger partial charge in [-0.05, 0) is 63.9 Å². The molecule has 0 saturated carbocycles. The van der Waals surface area contributed by atoms with Crippen LogP contribution in [0.2, 0.25) is 0 Å². The van der Waals surface area contributed by atoms with Crippen LogP contribution in [0.1, 0.15) is 42.9 Å². The van der Waals surface area contributed by atoms with E-state index in [1.54, 1.807) is 24.3 Å². The van der Waals surface area contributed by atoms with Crippen LogP contribution in [-0.4, -0.2) is 50.8 Å². The van der Waals surface area contributed by atoms with Crippen LogP contribution in [0.15, 0.2) is 42.5 Å². The molecule has 0 atom stereocenters. The molecule has 11 nitrogen and oxygen atoms in total. The number of hydrogen-bond acceptors (Lipinski definition) is 8. The summed E-state index contributed by atoms with van der Waals surface area (Å²) < 4.78 is 6.96. The third-order valence-electron chi connectivity index (χ3n) is 5.46. The van der Waals surface area contributed by atoms with Crippen molar-refractivity contribution in [1.82, 2.24) is 24.9 Å². The first-order valence-electron chi connectivity index (χ1n) is 11.8. The lowest BCUT2D eigenvalue weighted by Gasteiger charge is -2.12. The molecule has 36 heavy (non-hydrogen) atoms. The van der Waals surface area contributed by atoms with Crippen molar-refractivity contribution in [2.75, 3.05) is 29.5 Å². The number of hydrogen-bond donors (Lipinski definition) is 4. The number of nitrogens with zero attached hydrogens (tertiary/aromatic N) is 4. The Balaban J connectivity index is 1.48. The fraction of sp³-hybridized carbons (Fsp3) is 0.320. The maximum absolute atomic E-state index is 12.9. The molecule has 2 heterocycles. The van der Waals surface area contributed by atoms with Gasteiger partial charge in [0.25, 0.3) is 5.91 Å². The number of carbonyl (C=O) groups excluding carboxylic acids is 2. The number of unbranched alkanes of at least 4 members (excludes halogenated alkanes) is 1. The maximum Gasteiger partial charge on any atom is 0.407 e. The molecule has 4 aromatic rings. The summed E-state index contributed by atoms with van der Waals surface area (Å²) >= 11 is 0. The van der Waals surface area contributed by atoms with Gasteiger partial charge in [-0.3, -0.25) is 9.20 Å². The zero-order valence-electron chi connectivity index (χ0n) is 20.5. The molecule has 4 rings (SSSR count). The molecule has 5 N–H and O–H groups in total. The monoisotopic (exact) mass is 490 g/mol. The Labute approximate surface area is 208 Å². The molecular weight excluding hydrogens is 460 g/mol. The molecule has 0 radical (unpaired) electrons. The molecule has 11 heteroatoms. The zero-order valence-corrected chi connectivity index (χ0v) is 20.5. The number of aromatic nitrogens is 4. The standard InChI is InChI=1S/C25H30N8O3/c1-15(2)36-25(35)28-13-7-6-12-27-22-23-32-31-16(3)33(23)21-11-10-17(14-20(21)29-22)24(34)30-19-9-5-4-8-18(19)26/h4-5,8-11,14-15H,6-7,12-13,26H2,1-3H3,(H,27,29)(H,28,35)(H,30,34). The van der Waals surface area contributed by atoms with Crippen LogP contribution < -0.4 is 21.7 Å². The molecule has 0 spiro atoms. The molecule has 0 unspecified atom stereocenters. The average Bonchev–Trinajstić information content (AvgIpc) is 3.23. The molecular formula is C25H30N8O3. The lowest BCUT2D eigenvalue weighted by molar-refractivity contribution is 0.102. The van der Waals surface area contributed by atoms with Crippen LogP contribution >= 0.6 is 0 Å². The minimum atomic E-state index is -0.412. The van der Waals surface area contributed by atoms with Crippen LogP contribution in [0.25, 0.3) is 16.7 Å². The van der Waals surface area contributed by atoms with Gasteiger partial charge in [0.15, 0.2) is 5.82 Å². The van der Waals surface area contributed by atoms with Gasteiger partial charge in [0.2, 0.25) is 5.65 Å². The van der Waals surface area contributed by atoms with Crippen molar-refractivity contribution in [2.24, 2.45) is 0 Å². The minimum absolute atomic E-state index is 0.150. The molecule has 188 valence electrons. The number of amides is 2. The second-order valence-corrected chi connectivity index (χ2v) is 8.63. The predicted molar refractivity (Wildman–Crippen MR) is 139 cm³/mol. The summed E-state index contributed by atoms with van der Waals surface area (Å²) in [4.78, 5) is 29.2. The van der Waals surface area contributed by atoms with E-state index in [1.807, 2.05) is 43.4 Å². The number of alkyl carbamates (subject to hydrolysis) is 1. The van der Waals surface area contributed by atoms with Crippen molar-refractivity contribution in [2.45, 2.75) is 39.7 Å². The van der Waals surface area contributed by atoms with E-state index in [4.69, 9.17) is 15.5 Å². The van der Waals surface area contributed by atoms with Gasteiger partial charge in [0, 0.05) is 18.7 Å². The highest BCUT2D eigenvalue weighted by molar-refractivity contribution is 6.07. The van der Waals surface area contributed by atoms with E-state index in [9.17, 15) is 9.59 Å². The summed E-state index contributed by atoms with van der Waals surface area (Å²) in [6.45, 7) is 6.61. The molecule has 0 aliphatic rings. The van der Waals surface area contributed by atoms with Gasteiger partial charge in [0.1, 0.15) is 5.82 Å². The molecule has 0 saturated heterocycles. The van der Waals surface area contributed by atoms with E-state index in [2.05, 4.69) is 26.1 Å². The van der Waals surface area contributed by atoms with E-state index >= 15 is 0 Å². The number of rotatable bonds is 9. The fourth-order valence-electron chi connectivity index (χ4n) is 3.74. The van der Waals surface area contributed by atoms with Crippen molar-refractivity contribution >= 4 is 45.9 Å². The Bertz CT molecular complexity index is 1400. The van der Waals surface area contributed by atoms with Gasteiger partial charge in [-0.2, -0.15) is 0 Å². The summed E-state index contributed by atoms with van der Waals surface area (Å²) in [7, 11) is 0. The number of fused-ring (bicyclic) bond motifs is 3. The Morgan fingerprint density at radius 1 is 1.08 bits per heavy atom. The first kappa shape index (κ1) is 24.7. The Morgan fingerprint density at radius 2 is 1.86 bits per heavy atom. The van der Waals surface area contributed by atoms with Crippen LogP contribution in [0.4, 0.5) is 22.0 Å². The summed E-state index contributed by atoms with van der Waals surface area (Å²) in [6, 6.07) is 12.4. The van der Waals surface area contributed by atoms with Gasteiger partial charge in [0.05, 0.1) is 28.5 Å². The second kappa shape index (κ2) is 10.9. The lowest BCUT2D eigenvalue weighted by atomic mass is 10.1. The van der Waals surface area contributed by atoms with E-state index in [0.29, 0.717) is 52.8 Å². The van der Waals surface area contributed by atoms with Gasteiger partial charge < -0.3 is 26.4 Å². The third kappa shape index (κ3) is 5.62. The number of aryl methyl sites for hydroxylation is 1. The summed E-state index contributed by atoms with van der Waals surface area (Å²) in [6.07, 6.45) is 0.997. The highest BCUT2D eigenvalue weighted by Gasteiger charge is 2.15. The van der Waals surface area contributed by atoms with Crippen LogP contribution in [-0.2, 0) is 4.74 Å². The Hall–Kier alpha value is -4.41. The number of anilines is 3. The summed E-state index contributed by atoms with van der Waals surface area (Å²) in [5.41, 5.74) is 9.47. The van der Waals surface area contributed by atoms with Gasteiger partial charge >= 0.3 is 6.09 Å². The van der Waals surface area contributed by atoms with Crippen LogP contribution in [0.3, 0.4) is 0 Å². The number of carbonyl (C=O) groups is 2. The number of nitrogens with one attached hydrogen (secondary N) is 3. The van der Waals surface area contributed by atoms with Crippen molar-refractivity contribution in [3.63, 3.8) is 0 Å². The Kier molecular flexibility index (Phi) is 7.47.